The van der Waals surface area contributed by atoms with Gasteiger partial charge >= 0.3 is 0 Å². The molecule has 1 aliphatic heterocycles. The molecule has 3 atom stereocenters. The number of allylic oxidation sites excluding steroid dienone is 2. The third-order valence-corrected chi connectivity index (χ3v) is 8.00. The Bertz CT molecular complexity index is 1070. The molecule has 31 heavy (non-hydrogen) atoms. The number of likely N-dealkylation sites (tertiary alicyclic amines) is 1. The number of aromatic nitrogens is 2. The monoisotopic (exact) mass is 452 g/mol. The van der Waals surface area contributed by atoms with Crippen LogP contribution in [0.4, 0.5) is 5.13 Å². The molecule has 1 aliphatic carbocycles. The van der Waals surface area contributed by atoms with E-state index in [1.54, 1.807) is 17.5 Å². The molecule has 0 saturated carbocycles. The first-order valence-electron chi connectivity index (χ1n) is 10.7. The third-order valence-electron chi connectivity index (χ3n) is 6.14. The summed E-state index contributed by atoms with van der Waals surface area (Å²) in [6.45, 7) is 1.19. The normalized spacial score (nSPS) is 23.7. The first kappa shape index (κ1) is 20.3. The summed E-state index contributed by atoms with van der Waals surface area (Å²) in [7, 11) is 0. The van der Waals surface area contributed by atoms with Crippen molar-refractivity contribution in [1.82, 2.24) is 14.9 Å². The standard InChI is InChI=1S/C23H24N4O2S2/c28-20(26-23-24-11-13-30-23)15-6-5-12-27(14-15)22(29)17-8-2-1-7-16(17)21-25-18-9-3-4-10-19(18)31-21/h1-4,9-11,13,15-17H,5-8,12,14H2,(H,24,26,28). The third kappa shape index (κ3) is 4.27. The zero-order valence-corrected chi connectivity index (χ0v) is 18.7. The fraction of sp³-hybridized carbons (Fsp3) is 0.391. The summed E-state index contributed by atoms with van der Waals surface area (Å²) in [5, 5.41) is 6.38. The number of anilines is 1. The van der Waals surface area contributed by atoms with Crippen molar-refractivity contribution >= 4 is 49.8 Å². The van der Waals surface area contributed by atoms with Crippen LogP contribution in [0.3, 0.4) is 0 Å². The van der Waals surface area contributed by atoms with Crippen molar-refractivity contribution in [3.05, 3.63) is 53.0 Å². The molecule has 3 heterocycles. The van der Waals surface area contributed by atoms with Crippen molar-refractivity contribution in [3.8, 4) is 0 Å². The Morgan fingerprint density at radius 3 is 2.87 bits per heavy atom. The number of para-hydroxylation sites is 1. The molecule has 2 aromatic heterocycles. The number of amides is 2. The van der Waals surface area contributed by atoms with Gasteiger partial charge in [-0.1, -0.05) is 24.3 Å². The number of rotatable bonds is 4. The molecule has 3 aromatic rings. The Morgan fingerprint density at radius 1 is 1.16 bits per heavy atom. The summed E-state index contributed by atoms with van der Waals surface area (Å²) >= 11 is 3.10. The van der Waals surface area contributed by atoms with Crippen molar-refractivity contribution in [3.63, 3.8) is 0 Å². The van der Waals surface area contributed by atoms with Crippen LogP contribution in [0, 0.1) is 11.8 Å². The number of hydrogen-bond donors (Lipinski definition) is 1. The minimum absolute atomic E-state index is 0.0429. The van der Waals surface area contributed by atoms with E-state index in [1.165, 1.54) is 11.3 Å². The van der Waals surface area contributed by atoms with Crippen LogP contribution in [-0.2, 0) is 9.59 Å². The van der Waals surface area contributed by atoms with E-state index in [-0.39, 0.29) is 29.6 Å². The Morgan fingerprint density at radius 2 is 2.03 bits per heavy atom. The lowest BCUT2D eigenvalue weighted by molar-refractivity contribution is -0.139. The van der Waals surface area contributed by atoms with E-state index in [0.29, 0.717) is 18.2 Å². The molecule has 1 aromatic carbocycles. The Labute approximate surface area is 189 Å². The van der Waals surface area contributed by atoms with Crippen LogP contribution in [-0.4, -0.2) is 39.8 Å². The van der Waals surface area contributed by atoms with Gasteiger partial charge in [0.15, 0.2) is 5.13 Å². The summed E-state index contributed by atoms with van der Waals surface area (Å²) in [5.41, 5.74) is 1.00. The van der Waals surface area contributed by atoms with E-state index in [1.807, 2.05) is 28.5 Å². The van der Waals surface area contributed by atoms with Gasteiger partial charge in [0.2, 0.25) is 11.8 Å². The quantitative estimate of drug-likeness (QED) is 0.583. The van der Waals surface area contributed by atoms with Crippen molar-refractivity contribution in [2.24, 2.45) is 11.8 Å². The molecule has 0 radical (unpaired) electrons. The number of thiazole rings is 2. The molecule has 6 nitrogen and oxygen atoms in total. The van der Waals surface area contributed by atoms with E-state index in [0.717, 1.165) is 40.9 Å². The van der Waals surface area contributed by atoms with Crippen LogP contribution in [0.5, 0.6) is 0 Å². The molecule has 1 saturated heterocycles. The molecule has 5 rings (SSSR count). The predicted octanol–water partition coefficient (Wildman–Crippen LogP) is 4.68. The van der Waals surface area contributed by atoms with Crippen molar-refractivity contribution in [2.75, 3.05) is 18.4 Å². The smallest absolute Gasteiger partial charge is 0.231 e. The summed E-state index contributed by atoms with van der Waals surface area (Å²) in [6, 6.07) is 8.14. The lowest BCUT2D eigenvalue weighted by atomic mass is 9.81. The SMILES string of the molecule is O=C(Nc1nccs1)C1CCCN(C(=O)C2CC=CCC2c2nc3ccccc3s2)C1. The maximum Gasteiger partial charge on any atom is 0.231 e. The summed E-state index contributed by atoms with van der Waals surface area (Å²) in [4.78, 5) is 37.1. The summed E-state index contributed by atoms with van der Waals surface area (Å²) in [6.07, 6.45) is 9.16. The predicted molar refractivity (Wildman–Crippen MR) is 124 cm³/mol. The van der Waals surface area contributed by atoms with Gasteiger partial charge < -0.3 is 10.2 Å². The van der Waals surface area contributed by atoms with Gasteiger partial charge in [0, 0.05) is 30.6 Å². The molecule has 0 bridgehead atoms. The highest BCUT2D eigenvalue weighted by atomic mass is 32.1. The molecule has 2 amide bonds. The highest BCUT2D eigenvalue weighted by molar-refractivity contribution is 7.18. The number of piperidine rings is 1. The van der Waals surface area contributed by atoms with Crippen LogP contribution in [0.25, 0.3) is 10.2 Å². The summed E-state index contributed by atoms with van der Waals surface area (Å²) in [5.74, 6) is -0.105. The first-order valence-corrected chi connectivity index (χ1v) is 12.4. The fourth-order valence-corrected chi connectivity index (χ4v) is 6.21. The number of benzene rings is 1. The fourth-order valence-electron chi connectivity index (χ4n) is 4.53. The van der Waals surface area contributed by atoms with E-state index < -0.39 is 0 Å². The largest absolute Gasteiger partial charge is 0.342 e. The lowest BCUT2D eigenvalue weighted by Gasteiger charge is -2.36. The molecule has 160 valence electrons. The van der Waals surface area contributed by atoms with E-state index in [9.17, 15) is 9.59 Å². The van der Waals surface area contributed by atoms with Crippen LogP contribution in [0.15, 0.2) is 48.0 Å². The molecule has 0 spiro atoms. The van der Waals surface area contributed by atoms with Gasteiger partial charge in [0.1, 0.15) is 0 Å². The van der Waals surface area contributed by atoms with Crippen molar-refractivity contribution < 1.29 is 9.59 Å². The number of carbonyl (C=O) groups excluding carboxylic acids is 2. The number of nitrogens with zero attached hydrogens (tertiary/aromatic N) is 3. The Hall–Kier alpha value is -2.58. The van der Waals surface area contributed by atoms with Crippen LogP contribution in [0.1, 0.15) is 36.6 Å². The zero-order chi connectivity index (χ0) is 21.2. The minimum atomic E-state index is -0.193. The number of nitrogens with one attached hydrogen (secondary N) is 1. The van der Waals surface area contributed by atoms with Gasteiger partial charge in [-0.25, -0.2) is 9.97 Å². The minimum Gasteiger partial charge on any atom is -0.342 e. The van der Waals surface area contributed by atoms with Crippen LogP contribution in [0.2, 0.25) is 0 Å². The molecular formula is C23H24N4O2S2. The molecule has 8 heteroatoms. The average Bonchev–Trinajstić information content (AvgIpc) is 3.48. The zero-order valence-electron chi connectivity index (χ0n) is 17.1. The van der Waals surface area contributed by atoms with E-state index in [2.05, 4.69) is 28.5 Å². The lowest BCUT2D eigenvalue weighted by Crippen LogP contribution is -2.47. The molecule has 1 N–H and O–H groups in total. The number of hydrogen-bond acceptors (Lipinski definition) is 6. The molecule has 3 unspecified atom stereocenters. The number of carbonyl (C=O) groups is 2. The second kappa shape index (κ2) is 8.88. The van der Waals surface area contributed by atoms with Gasteiger partial charge in [-0.2, -0.15) is 0 Å². The van der Waals surface area contributed by atoms with Gasteiger partial charge in [0.05, 0.1) is 27.1 Å². The molecule has 1 fully saturated rings. The van der Waals surface area contributed by atoms with Gasteiger partial charge in [-0.05, 0) is 37.8 Å². The molecule has 2 aliphatic rings. The second-order valence-electron chi connectivity index (χ2n) is 8.13. The maximum atomic E-state index is 13.6. The Balaban J connectivity index is 1.31. The van der Waals surface area contributed by atoms with Crippen molar-refractivity contribution in [2.45, 2.75) is 31.6 Å². The van der Waals surface area contributed by atoms with Gasteiger partial charge in [0.25, 0.3) is 0 Å². The van der Waals surface area contributed by atoms with Gasteiger partial charge in [-0.3, -0.25) is 9.59 Å². The van der Waals surface area contributed by atoms with E-state index >= 15 is 0 Å². The van der Waals surface area contributed by atoms with Crippen LogP contribution >= 0.6 is 22.7 Å². The highest BCUT2D eigenvalue weighted by Gasteiger charge is 2.37. The first-order chi connectivity index (χ1) is 15.2. The van der Waals surface area contributed by atoms with E-state index in [4.69, 9.17) is 4.98 Å². The highest BCUT2D eigenvalue weighted by Crippen LogP contribution is 2.39. The Kier molecular flexibility index (Phi) is 5.82. The number of fused-ring (bicyclic) bond motifs is 1. The van der Waals surface area contributed by atoms with Crippen LogP contribution < -0.4 is 5.32 Å². The maximum absolute atomic E-state index is 13.6. The average molecular weight is 453 g/mol. The topological polar surface area (TPSA) is 75.2 Å². The summed E-state index contributed by atoms with van der Waals surface area (Å²) < 4.78 is 1.16. The van der Waals surface area contributed by atoms with Crippen molar-refractivity contribution in [1.29, 1.82) is 0 Å². The van der Waals surface area contributed by atoms with Gasteiger partial charge in [-0.15, -0.1) is 22.7 Å². The molecular weight excluding hydrogens is 428 g/mol. The second-order valence-corrected chi connectivity index (χ2v) is 10.1.